The van der Waals surface area contributed by atoms with Crippen LogP contribution in [0.4, 0.5) is 8.78 Å². The van der Waals surface area contributed by atoms with Crippen LogP contribution < -0.4 is 0 Å². The van der Waals surface area contributed by atoms with Crippen molar-refractivity contribution in [3.8, 4) is 5.75 Å². The molecule has 2 fully saturated rings. The van der Waals surface area contributed by atoms with Crippen molar-refractivity contribution in [1.29, 1.82) is 0 Å². The number of nitrogens with zero attached hydrogens (tertiary/aromatic N) is 2. The number of amides is 1. The van der Waals surface area contributed by atoms with Crippen LogP contribution in [-0.2, 0) is 17.9 Å². The quantitative estimate of drug-likeness (QED) is 0.872. The number of halogens is 2. The molecular weight excluding hydrogens is 362 g/mol. The first kappa shape index (κ1) is 18.9. The lowest BCUT2D eigenvalue weighted by Crippen LogP contribution is -2.49. The van der Waals surface area contributed by atoms with Crippen LogP contribution in [0.2, 0.25) is 0 Å². The summed E-state index contributed by atoms with van der Waals surface area (Å²) in [6.45, 7) is 3.18. The minimum absolute atomic E-state index is 0.113. The summed E-state index contributed by atoms with van der Waals surface area (Å²) in [6.07, 6.45) is 2.57. The van der Waals surface area contributed by atoms with Gasteiger partial charge in [-0.05, 0) is 61.2 Å². The molecule has 2 aromatic carbocycles. The summed E-state index contributed by atoms with van der Waals surface area (Å²) in [5.74, 6) is -1.39. The first-order chi connectivity index (χ1) is 13.4. The van der Waals surface area contributed by atoms with Crippen LogP contribution >= 0.6 is 0 Å². The maximum atomic E-state index is 13.5. The summed E-state index contributed by atoms with van der Waals surface area (Å²) in [4.78, 5) is 17.3. The fourth-order valence-electron chi connectivity index (χ4n) is 4.55. The Morgan fingerprint density at radius 1 is 0.964 bits per heavy atom. The predicted molar refractivity (Wildman–Crippen MR) is 101 cm³/mol. The molecule has 6 heteroatoms. The highest BCUT2D eigenvalue weighted by Gasteiger charge is 2.48. The second-order valence-corrected chi connectivity index (χ2v) is 7.99. The number of hydrogen-bond acceptors (Lipinski definition) is 3. The molecule has 0 aromatic heterocycles. The van der Waals surface area contributed by atoms with E-state index in [4.69, 9.17) is 0 Å². The van der Waals surface area contributed by atoms with Crippen molar-refractivity contribution >= 4 is 5.91 Å². The van der Waals surface area contributed by atoms with Crippen LogP contribution in [0.15, 0.2) is 42.5 Å². The Balaban J connectivity index is 1.44. The lowest BCUT2D eigenvalue weighted by atomic mass is 9.78. The molecule has 148 valence electrons. The van der Waals surface area contributed by atoms with Gasteiger partial charge in [-0.2, -0.15) is 0 Å². The van der Waals surface area contributed by atoms with E-state index in [1.165, 1.54) is 12.1 Å². The van der Waals surface area contributed by atoms with Crippen LogP contribution in [0.25, 0.3) is 0 Å². The van der Waals surface area contributed by atoms with Gasteiger partial charge in [0.15, 0.2) is 11.6 Å². The molecule has 2 aliphatic heterocycles. The van der Waals surface area contributed by atoms with Gasteiger partial charge >= 0.3 is 0 Å². The summed E-state index contributed by atoms with van der Waals surface area (Å²) in [5, 5.41) is 9.65. The van der Waals surface area contributed by atoms with Crippen LogP contribution in [0.5, 0.6) is 5.75 Å². The third kappa shape index (κ3) is 3.74. The molecule has 2 saturated heterocycles. The molecule has 1 spiro atoms. The second kappa shape index (κ2) is 7.51. The van der Waals surface area contributed by atoms with E-state index in [1.54, 1.807) is 17.0 Å². The van der Waals surface area contributed by atoms with Crippen LogP contribution in [0.3, 0.4) is 0 Å². The van der Waals surface area contributed by atoms with Gasteiger partial charge in [0.05, 0.1) is 5.41 Å². The summed E-state index contributed by atoms with van der Waals surface area (Å²) >= 11 is 0. The zero-order chi connectivity index (χ0) is 19.7. The van der Waals surface area contributed by atoms with Gasteiger partial charge < -0.3 is 10.0 Å². The maximum absolute atomic E-state index is 13.5. The van der Waals surface area contributed by atoms with E-state index in [9.17, 15) is 18.7 Å². The SMILES string of the molecule is O=C1N(Cc2ccc(F)c(F)c2)CCCC12CCN(Cc1cccc(O)c1)C2. The van der Waals surface area contributed by atoms with E-state index >= 15 is 0 Å². The van der Waals surface area contributed by atoms with Crippen LogP contribution in [0.1, 0.15) is 30.4 Å². The van der Waals surface area contributed by atoms with E-state index in [1.807, 2.05) is 12.1 Å². The van der Waals surface area contributed by atoms with Gasteiger partial charge in [-0.3, -0.25) is 9.69 Å². The number of phenols is 1. The number of aromatic hydroxyl groups is 1. The largest absolute Gasteiger partial charge is 0.508 e. The Labute approximate surface area is 163 Å². The summed E-state index contributed by atoms with van der Waals surface area (Å²) in [6, 6.07) is 11.0. The highest BCUT2D eigenvalue weighted by molar-refractivity contribution is 5.84. The van der Waals surface area contributed by atoms with Crippen LogP contribution in [-0.4, -0.2) is 40.4 Å². The normalized spacial score (nSPS) is 22.9. The second-order valence-electron chi connectivity index (χ2n) is 7.99. The van der Waals surface area contributed by atoms with Crippen LogP contribution in [0, 0.1) is 17.0 Å². The molecule has 28 heavy (non-hydrogen) atoms. The van der Waals surface area contributed by atoms with Crippen molar-refractivity contribution in [2.75, 3.05) is 19.6 Å². The Morgan fingerprint density at radius 3 is 2.57 bits per heavy atom. The molecule has 0 radical (unpaired) electrons. The Bertz CT molecular complexity index is 889. The number of rotatable bonds is 4. The molecule has 1 atom stereocenters. The molecule has 0 aliphatic carbocycles. The Morgan fingerprint density at radius 2 is 1.79 bits per heavy atom. The average molecular weight is 386 g/mol. The average Bonchev–Trinajstić information content (AvgIpc) is 3.06. The summed E-state index contributed by atoms with van der Waals surface area (Å²) in [7, 11) is 0. The van der Waals surface area contributed by atoms with Crippen molar-refractivity contribution in [3.05, 3.63) is 65.2 Å². The van der Waals surface area contributed by atoms with Crippen molar-refractivity contribution < 1.29 is 18.7 Å². The first-order valence-corrected chi connectivity index (χ1v) is 9.69. The Hall–Kier alpha value is -2.47. The molecule has 1 N–H and O–H groups in total. The minimum Gasteiger partial charge on any atom is -0.508 e. The number of hydrogen-bond donors (Lipinski definition) is 1. The lowest BCUT2D eigenvalue weighted by molar-refractivity contribution is -0.146. The minimum atomic E-state index is -0.880. The van der Waals surface area contributed by atoms with E-state index < -0.39 is 17.0 Å². The Kier molecular flexibility index (Phi) is 5.06. The van der Waals surface area contributed by atoms with Gasteiger partial charge in [0, 0.05) is 26.2 Å². The lowest BCUT2D eigenvalue weighted by Gasteiger charge is -2.39. The predicted octanol–water partition coefficient (Wildman–Crippen LogP) is 3.69. The number of benzene rings is 2. The zero-order valence-electron chi connectivity index (χ0n) is 15.7. The van der Waals surface area contributed by atoms with Crippen molar-refractivity contribution in [1.82, 2.24) is 9.80 Å². The first-order valence-electron chi connectivity index (χ1n) is 9.69. The smallest absolute Gasteiger partial charge is 0.230 e. The molecule has 0 saturated carbocycles. The van der Waals surface area contributed by atoms with Gasteiger partial charge in [-0.15, -0.1) is 0 Å². The fraction of sp³-hybridized carbons (Fsp3) is 0.409. The highest BCUT2D eigenvalue weighted by Crippen LogP contribution is 2.41. The van der Waals surface area contributed by atoms with Gasteiger partial charge in [0.2, 0.25) is 5.91 Å². The molecule has 1 unspecified atom stereocenters. The molecule has 2 aliphatic rings. The number of phenolic OH excluding ortho intramolecular Hbond substituents is 1. The topological polar surface area (TPSA) is 43.8 Å². The molecule has 4 nitrogen and oxygen atoms in total. The molecule has 0 bridgehead atoms. The van der Waals surface area contributed by atoms with Gasteiger partial charge in [0.1, 0.15) is 5.75 Å². The van der Waals surface area contributed by atoms with Gasteiger partial charge in [-0.25, -0.2) is 8.78 Å². The molecule has 4 rings (SSSR count). The summed E-state index contributed by atoms with van der Waals surface area (Å²) in [5.41, 5.74) is 1.24. The van der Waals surface area contributed by atoms with Crippen molar-refractivity contribution in [2.45, 2.75) is 32.4 Å². The van der Waals surface area contributed by atoms with Gasteiger partial charge in [-0.1, -0.05) is 18.2 Å². The fourth-order valence-corrected chi connectivity index (χ4v) is 4.55. The molecule has 2 aromatic rings. The van der Waals surface area contributed by atoms with E-state index in [2.05, 4.69) is 4.90 Å². The van der Waals surface area contributed by atoms with Gasteiger partial charge in [0.25, 0.3) is 0 Å². The zero-order valence-corrected chi connectivity index (χ0v) is 15.7. The number of likely N-dealkylation sites (tertiary alicyclic amines) is 2. The maximum Gasteiger partial charge on any atom is 0.230 e. The van der Waals surface area contributed by atoms with E-state index in [0.29, 0.717) is 31.7 Å². The number of carbonyl (C=O) groups is 1. The third-order valence-corrected chi connectivity index (χ3v) is 5.93. The van der Waals surface area contributed by atoms with Crippen molar-refractivity contribution in [3.63, 3.8) is 0 Å². The van der Waals surface area contributed by atoms with E-state index in [0.717, 1.165) is 37.4 Å². The standard InChI is InChI=1S/C22H24F2N2O2/c23-19-6-5-17(12-20(19)24)14-26-9-2-7-22(21(26)28)8-10-25(15-22)13-16-3-1-4-18(27)11-16/h1,3-6,11-12,27H,2,7-10,13-15H2. The summed E-state index contributed by atoms with van der Waals surface area (Å²) < 4.78 is 26.7. The van der Waals surface area contributed by atoms with Crippen molar-refractivity contribution in [2.24, 2.45) is 5.41 Å². The molecular formula is C22H24F2N2O2. The molecule has 2 heterocycles. The third-order valence-electron chi connectivity index (χ3n) is 5.93. The van der Waals surface area contributed by atoms with E-state index in [-0.39, 0.29) is 11.7 Å². The number of carbonyl (C=O) groups excluding carboxylic acids is 1. The number of piperidine rings is 1. The monoisotopic (exact) mass is 386 g/mol. The highest BCUT2D eigenvalue weighted by atomic mass is 19.2. The molecule has 1 amide bonds.